The van der Waals surface area contributed by atoms with Gasteiger partial charge in [0.2, 0.25) is 0 Å². The van der Waals surface area contributed by atoms with E-state index >= 15 is 0 Å². The molecular weight excluding hydrogens is 260 g/mol. The highest BCUT2D eigenvalue weighted by Gasteiger charge is 2.10. The van der Waals surface area contributed by atoms with Crippen molar-refractivity contribution in [3.8, 4) is 5.75 Å². The number of methoxy groups -OCH3 is 1. The molecule has 7 heteroatoms. The molecule has 0 aliphatic heterocycles. The lowest BCUT2D eigenvalue weighted by Crippen LogP contribution is -2.05. The maximum Gasteiger partial charge on any atom is 0.275 e. The molecule has 1 heterocycles. The van der Waals surface area contributed by atoms with E-state index in [4.69, 9.17) is 4.74 Å². The van der Waals surface area contributed by atoms with Crippen LogP contribution >= 0.6 is 0 Å². The summed E-state index contributed by atoms with van der Waals surface area (Å²) in [6.45, 7) is 0.663. The molecule has 0 fully saturated rings. The molecule has 0 bridgehead atoms. The number of rotatable bonds is 6. The molecule has 0 aliphatic carbocycles. The van der Waals surface area contributed by atoms with E-state index in [-0.39, 0.29) is 5.69 Å². The fraction of sp³-hybridized carbons (Fsp3) is 0.308. The number of anilines is 1. The Morgan fingerprint density at radius 2 is 2.25 bits per heavy atom. The van der Waals surface area contributed by atoms with Gasteiger partial charge in [0.1, 0.15) is 5.75 Å². The minimum absolute atomic E-state index is 0.00762. The van der Waals surface area contributed by atoms with Crippen LogP contribution < -0.4 is 10.1 Å². The van der Waals surface area contributed by atoms with Gasteiger partial charge in [0.15, 0.2) is 0 Å². The van der Waals surface area contributed by atoms with Crippen molar-refractivity contribution in [3.63, 3.8) is 0 Å². The van der Waals surface area contributed by atoms with Gasteiger partial charge in [0, 0.05) is 37.6 Å². The zero-order valence-electron chi connectivity index (χ0n) is 11.4. The smallest absolute Gasteiger partial charge is 0.275 e. The number of aromatic nitrogens is 2. The Balaban J connectivity index is 2.01. The summed E-state index contributed by atoms with van der Waals surface area (Å²) in [7, 11) is 3.35. The standard InChI is InChI=1S/C13H16N4O3/c1-16-9-10(8-15-16)3-4-14-11-5-12(17(18)19)7-13(6-11)20-2/h5-9,14H,3-4H2,1-2H3. The highest BCUT2D eigenvalue weighted by Crippen LogP contribution is 2.25. The molecule has 2 rings (SSSR count). The van der Waals surface area contributed by atoms with Gasteiger partial charge in [-0.2, -0.15) is 5.10 Å². The fourth-order valence-corrected chi connectivity index (χ4v) is 1.86. The van der Waals surface area contributed by atoms with Crippen molar-refractivity contribution in [2.24, 2.45) is 7.05 Å². The van der Waals surface area contributed by atoms with Gasteiger partial charge in [-0.3, -0.25) is 14.8 Å². The molecule has 0 aliphatic rings. The molecule has 0 radical (unpaired) electrons. The fourth-order valence-electron chi connectivity index (χ4n) is 1.86. The Kier molecular flexibility index (Phi) is 4.19. The molecule has 1 aromatic heterocycles. The lowest BCUT2D eigenvalue weighted by molar-refractivity contribution is -0.384. The lowest BCUT2D eigenvalue weighted by atomic mass is 10.2. The summed E-state index contributed by atoms with van der Waals surface area (Å²) in [6.07, 6.45) is 4.53. The number of non-ortho nitro benzene ring substituents is 1. The normalized spacial score (nSPS) is 10.3. The van der Waals surface area contributed by atoms with E-state index in [0.717, 1.165) is 12.0 Å². The highest BCUT2D eigenvalue weighted by atomic mass is 16.6. The van der Waals surface area contributed by atoms with Gasteiger partial charge >= 0.3 is 0 Å². The number of ether oxygens (including phenoxy) is 1. The zero-order chi connectivity index (χ0) is 14.5. The van der Waals surface area contributed by atoms with E-state index in [9.17, 15) is 10.1 Å². The minimum atomic E-state index is -0.436. The Hall–Kier alpha value is -2.57. The van der Waals surface area contributed by atoms with Crippen molar-refractivity contribution in [2.75, 3.05) is 19.0 Å². The van der Waals surface area contributed by atoms with Crippen LogP contribution in [-0.2, 0) is 13.5 Å². The number of nitro groups is 1. The van der Waals surface area contributed by atoms with E-state index < -0.39 is 4.92 Å². The number of hydrogen-bond donors (Lipinski definition) is 1. The van der Waals surface area contributed by atoms with Crippen molar-refractivity contribution in [1.29, 1.82) is 0 Å². The van der Waals surface area contributed by atoms with Gasteiger partial charge in [-0.25, -0.2) is 0 Å². The Labute approximate surface area is 116 Å². The quantitative estimate of drug-likeness (QED) is 0.644. The Bertz CT molecular complexity index is 609. The van der Waals surface area contributed by atoms with Gasteiger partial charge in [-0.1, -0.05) is 0 Å². The topological polar surface area (TPSA) is 82.2 Å². The van der Waals surface area contributed by atoms with Crippen molar-refractivity contribution in [3.05, 3.63) is 46.3 Å². The molecular formula is C13H16N4O3. The second-order valence-corrected chi connectivity index (χ2v) is 4.38. The van der Waals surface area contributed by atoms with Crippen molar-refractivity contribution < 1.29 is 9.66 Å². The average molecular weight is 276 g/mol. The third kappa shape index (κ3) is 3.47. The van der Waals surface area contributed by atoms with Crippen LogP contribution in [0.5, 0.6) is 5.75 Å². The molecule has 0 saturated carbocycles. The van der Waals surface area contributed by atoms with Crippen LogP contribution in [0.4, 0.5) is 11.4 Å². The number of benzene rings is 1. The number of nitro benzene ring substituents is 1. The summed E-state index contributed by atoms with van der Waals surface area (Å²) in [4.78, 5) is 10.4. The van der Waals surface area contributed by atoms with E-state index in [1.807, 2.05) is 13.2 Å². The summed E-state index contributed by atoms with van der Waals surface area (Å²) in [5, 5.41) is 18.1. The number of nitrogens with one attached hydrogen (secondary N) is 1. The van der Waals surface area contributed by atoms with Crippen molar-refractivity contribution in [1.82, 2.24) is 9.78 Å². The van der Waals surface area contributed by atoms with Crippen LogP contribution in [-0.4, -0.2) is 28.4 Å². The van der Waals surface area contributed by atoms with E-state index in [0.29, 0.717) is 18.0 Å². The van der Waals surface area contributed by atoms with Gasteiger partial charge in [0.05, 0.1) is 24.3 Å². The third-order valence-electron chi connectivity index (χ3n) is 2.84. The monoisotopic (exact) mass is 276 g/mol. The van der Waals surface area contributed by atoms with Crippen LogP contribution in [0.25, 0.3) is 0 Å². The number of nitrogens with zero attached hydrogens (tertiary/aromatic N) is 3. The van der Waals surface area contributed by atoms with Crippen LogP contribution in [0.15, 0.2) is 30.6 Å². The van der Waals surface area contributed by atoms with Gasteiger partial charge in [-0.05, 0) is 12.0 Å². The lowest BCUT2D eigenvalue weighted by Gasteiger charge is -2.07. The van der Waals surface area contributed by atoms with Gasteiger partial charge in [0.25, 0.3) is 5.69 Å². The summed E-state index contributed by atoms with van der Waals surface area (Å²) in [6, 6.07) is 4.62. The SMILES string of the molecule is COc1cc(NCCc2cnn(C)c2)cc([N+](=O)[O-])c1. The van der Waals surface area contributed by atoms with Gasteiger partial charge in [-0.15, -0.1) is 0 Å². The molecule has 0 unspecified atom stereocenters. The third-order valence-corrected chi connectivity index (χ3v) is 2.84. The van der Waals surface area contributed by atoms with E-state index in [1.165, 1.54) is 19.2 Å². The molecule has 0 amide bonds. The number of aryl methyl sites for hydroxylation is 1. The van der Waals surface area contributed by atoms with Crippen molar-refractivity contribution in [2.45, 2.75) is 6.42 Å². The van der Waals surface area contributed by atoms with Crippen molar-refractivity contribution >= 4 is 11.4 Å². The number of hydrogen-bond acceptors (Lipinski definition) is 5. The first kappa shape index (κ1) is 13.9. The zero-order valence-corrected chi connectivity index (χ0v) is 11.4. The Morgan fingerprint density at radius 1 is 1.45 bits per heavy atom. The predicted molar refractivity (Wildman–Crippen MR) is 75.1 cm³/mol. The molecule has 1 aromatic carbocycles. The maximum absolute atomic E-state index is 10.8. The first-order valence-corrected chi connectivity index (χ1v) is 6.13. The predicted octanol–water partition coefficient (Wildman–Crippen LogP) is 1.99. The molecule has 1 N–H and O–H groups in total. The minimum Gasteiger partial charge on any atom is -0.496 e. The highest BCUT2D eigenvalue weighted by molar-refractivity contribution is 5.56. The molecule has 20 heavy (non-hydrogen) atoms. The second kappa shape index (κ2) is 6.05. The van der Waals surface area contributed by atoms with E-state index in [1.54, 1.807) is 16.9 Å². The van der Waals surface area contributed by atoms with Crippen LogP contribution in [0.3, 0.4) is 0 Å². The molecule has 106 valence electrons. The summed E-state index contributed by atoms with van der Waals surface area (Å²) >= 11 is 0. The summed E-state index contributed by atoms with van der Waals surface area (Å²) in [5.41, 5.74) is 1.78. The first-order valence-electron chi connectivity index (χ1n) is 6.13. The Morgan fingerprint density at radius 3 is 2.85 bits per heavy atom. The first-order chi connectivity index (χ1) is 9.58. The van der Waals surface area contributed by atoms with E-state index in [2.05, 4.69) is 10.4 Å². The summed E-state index contributed by atoms with van der Waals surface area (Å²) < 4.78 is 6.80. The molecule has 0 saturated heterocycles. The second-order valence-electron chi connectivity index (χ2n) is 4.38. The maximum atomic E-state index is 10.8. The molecule has 0 atom stereocenters. The molecule has 2 aromatic rings. The average Bonchev–Trinajstić information content (AvgIpc) is 2.84. The molecule has 0 spiro atoms. The largest absolute Gasteiger partial charge is 0.496 e. The van der Waals surface area contributed by atoms with Crippen LogP contribution in [0.2, 0.25) is 0 Å². The summed E-state index contributed by atoms with van der Waals surface area (Å²) in [5.74, 6) is 0.461. The van der Waals surface area contributed by atoms with Gasteiger partial charge < -0.3 is 10.1 Å². The van der Waals surface area contributed by atoms with Crippen LogP contribution in [0, 0.1) is 10.1 Å². The molecule has 7 nitrogen and oxygen atoms in total. The van der Waals surface area contributed by atoms with Crippen LogP contribution in [0.1, 0.15) is 5.56 Å².